The van der Waals surface area contributed by atoms with E-state index in [1.54, 1.807) is 6.07 Å². The highest BCUT2D eigenvalue weighted by Gasteiger charge is 2.22. The number of phenols is 1. The van der Waals surface area contributed by atoms with Gasteiger partial charge in [0, 0.05) is 32.5 Å². The number of H-pyrrole nitrogens is 1. The first-order chi connectivity index (χ1) is 12.0. The third-order valence-corrected chi connectivity index (χ3v) is 4.88. The number of rotatable bonds is 5. The van der Waals surface area contributed by atoms with Gasteiger partial charge in [-0.25, -0.2) is 4.98 Å². The molecular formula is C18H22ClN3O3. The van der Waals surface area contributed by atoms with E-state index in [1.165, 1.54) is 7.11 Å². The number of aromatic hydroxyl groups is 1. The van der Waals surface area contributed by atoms with Crippen molar-refractivity contribution in [2.75, 3.05) is 13.7 Å². The summed E-state index contributed by atoms with van der Waals surface area (Å²) in [4.78, 5) is 22.0. The van der Waals surface area contributed by atoms with Crippen molar-refractivity contribution in [2.45, 2.75) is 39.3 Å². The number of hydrogen-bond acceptors (Lipinski definition) is 5. The van der Waals surface area contributed by atoms with Gasteiger partial charge in [-0.05, 0) is 18.1 Å². The van der Waals surface area contributed by atoms with Gasteiger partial charge in [0.15, 0.2) is 11.5 Å². The molecule has 0 bridgehead atoms. The van der Waals surface area contributed by atoms with Crippen molar-refractivity contribution in [3.63, 3.8) is 0 Å². The molecule has 0 unspecified atom stereocenters. The number of nitrogens with one attached hydrogen (secondary N) is 1. The molecule has 1 aliphatic heterocycles. The molecule has 2 N–H and O–H groups in total. The molecule has 1 aromatic carbocycles. The normalized spacial score (nSPS) is 14.4. The highest BCUT2D eigenvalue weighted by atomic mass is 35.5. The largest absolute Gasteiger partial charge is 0.503 e. The first-order valence-electron chi connectivity index (χ1n) is 8.41. The van der Waals surface area contributed by atoms with Gasteiger partial charge in [0.2, 0.25) is 0 Å². The van der Waals surface area contributed by atoms with E-state index in [1.807, 2.05) is 6.07 Å². The van der Waals surface area contributed by atoms with Crippen molar-refractivity contribution < 1.29 is 9.84 Å². The van der Waals surface area contributed by atoms with Crippen LogP contribution in [0, 0.1) is 0 Å². The van der Waals surface area contributed by atoms with E-state index in [9.17, 15) is 9.90 Å². The smallest absolute Gasteiger partial charge is 0.255 e. The molecule has 0 atom stereocenters. The summed E-state index contributed by atoms with van der Waals surface area (Å²) in [6.07, 6.45) is 2.47. The van der Waals surface area contributed by atoms with Crippen molar-refractivity contribution in [3.8, 4) is 11.5 Å². The minimum absolute atomic E-state index is 0.0530. The van der Waals surface area contributed by atoms with Crippen LogP contribution in [0.5, 0.6) is 11.5 Å². The first kappa shape index (κ1) is 17.8. The lowest BCUT2D eigenvalue weighted by Gasteiger charge is -2.28. The van der Waals surface area contributed by atoms with Gasteiger partial charge in [-0.3, -0.25) is 9.69 Å². The van der Waals surface area contributed by atoms with E-state index in [4.69, 9.17) is 16.3 Å². The number of methoxy groups -OCH3 is 1. The molecule has 0 spiro atoms. The molecule has 0 radical (unpaired) electrons. The average molecular weight is 364 g/mol. The van der Waals surface area contributed by atoms with Crippen molar-refractivity contribution in [1.29, 1.82) is 0 Å². The number of aryl methyl sites for hydroxylation is 1. The highest BCUT2D eigenvalue weighted by Crippen LogP contribution is 2.37. The van der Waals surface area contributed by atoms with Crippen LogP contribution in [0.1, 0.15) is 36.0 Å². The van der Waals surface area contributed by atoms with Gasteiger partial charge < -0.3 is 14.8 Å². The molecule has 25 heavy (non-hydrogen) atoms. The van der Waals surface area contributed by atoms with Crippen LogP contribution in [0.2, 0.25) is 5.02 Å². The molecular weight excluding hydrogens is 342 g/mol. The Hall–Kier alpha value is -2.05. The summed E-state index contributed by atoms with van der Waals surface area (Å²) >= 11 is 6.25. The Bertz CT molecular complexity index is 835. The predicted octanol–water partition coefficient (Wildman–Crippen LogP) is 2.65. The summed E-state index contributed by atoms with van der Waals surface area (Å²) in [5, 5.41) is 10.3. The zero-order valence-corrected chi connectivity index (χ0v) is 15.2. The third-order valence-electron chi connectivity index (χ3n) is 4.46. The summed E-state index contributed by atoms with van der Waals surface area (Å²) in [6.45, 7) is 3.92. The first-order valence-corrected chi connectivity index (χ1v) is 8.78. The minimum atomic E-state index is -0.0539. The lowest BCUT2D eigenvalue weighted by atomic mass is 10.1. The molecule has 1 aliphatic rings. The zero-order valence-electron chi connectivity index (χ0n) is 14.4. The monoisotopic (exact) mass is 363 g/mol. The second kappa shape index (κ2) is 7.45. The fourth-order valence-corrected chi connectivity index (χ4v) is 3.35. The van der Waals surface area contributed by atoms with Crippen LogP contribution in [-0.4, -0.2) is 33.6 Å². The molecule has 2 heterocycles. The van der Waals surface area contributed by atoms with Crippen molar-refractivity contribution in [1.82, 2.24) is 14.9 Å². The van der Waals surface area contributed by atoms with Crippen molar-refractivity contribution in [2.24, 2.45) is 0 Å². The van der Waals surface area contributed by atoms with Crippen molar-refractivity contribution >= 4 is 11.6 Å². The maximum absolute atomic E-state index is 12.4. The number of ether oxygens (including phenoxy) is 1. The molecule has 0 fully saturated rings. The predicted molar refractivity (Wildman–Crippen MR) is 96.3 cm³/mol. The number of fused-ring (bicyclic) bond motifs is 1. The average Bonchev–Trinajstić information content (AvgIpc) is 2.60. The zero-order chi connectivity index (χ0) is 18.0. The summed E-state index contributed by atoms with van der Waals surface area (Å²) in [5.74, 6) is 1.06. The maximum Gasteiger partial charge on any atom is 0.255 e. The van der Waals surface area contributed by atoms with Crippen LogP contribution in [0.25, 0.3) is 0 Å². The summed E-state index contributed by atoms with van der Waals surface area (Å²) < 4.78 is 5.06. The number of benzene rings is 1. The molecule has 0 amide bonds. The standard InChI is InChI=1S/C18H22ClN3O3/c1-3-4-15-20-13-7-8-22(10-12(13)18(24)21-15)9-11-5-6-14(25-2)17(23)16(11)19/h5-6,23H,3-4,7-10H2,1-2H3,(H,20,21,24). The Kier molecular flexibility index (Phi) is 5.30. The van der Waals surface area contributed by atoms with Gasteiger partial charge in [0.25, 0.3) is 5.56 Å². The van der Waals surface area contributed by atoms with Gasteiger partial charge in [0.05, 0.1) is 23.4 Å². The summed E-state index contributed by atoms with van der Waals surface area (Å²) in [7, 11) is 1.48. The molecule has 0 saturated carbocycles. The van der Waals surface area contributed by atoms with Gasteiger partial charge in [0.1, 0.15) is 5.82 Å². The number of hydrogen-bond donors (Lipinski definition) is 2. The Morgan fingerprint density at radius 2 is 2.24 bits per heavy atom. The van der Waals surface area contributed by atoms with Crippen LogP contribution in [-0.2, 0) is 25.9 Å². The summed E-state index contributed by atoms with van der Waals surface area (Å²) in [6, 6.07) is 3.53. The van der Waals surface area contributed by atoms with E-state index in [0.717, 1.165) is 48.5 Å². The van der Waals surface area contributed by atoms with E-state index in [2.05, 4.69) is 21.8 Å². The third kappa shape index (κ3) is 3.65. The van der Waals surface area contributed by atoms with Gasteiger partial charge in [-0.2, -0.15) is 0 Å². The van der Waals surface area contributed by atoms with Gasteiger partial charge in [-0.15, -0.1) is 0 Å². The topological polar surface area (TPSA) is 78.5 Å². The molecule has 0 saturated heterocycles. The summed E-state index contributed by atoms with van der Waals surface area (Å²) in [5.41, 5.74) is 2.37. The fourth-order valence-electron chi connectivity index (χ4n) is 3.14. The molecule has 7 heteroatoms. The Morgan fingerprint density at radius 1 is 1.44 bits per heavy atom. The second-order valence-corrected chi connectivity index (χ2v) is 6.62. The van der Waals surface area contributed by atoms with Gasteiger partial charge >= 0.3 is 0 Å². The Balaban J connectivity index is 1.80. The molecule has 1 aromatic heterocycles. The Labute approximate surface area is 151 Å². The molecule has 2 aromatic rings. The van der Waals surface area contributed by atoms with Crippen molar-refractivity contribution in [3.05, 3.63) is 50.2 Å². The maximum atomic E-state index is 12.4. The minimum Gasteiger partial charge on any atom is -0.503 e. The van der Waals surface area contributed by atoms with E-state index in [0.29, 0.717) is 18.8 Å². The Morgan fingerprint density at radius 3 is 2.96 bits per heavy atom. The van der Waals surface area contributed by atoms with Crippen LogP contribution < -0.4 is 10.3 Å². The van der Waals surface area contributed by atoms with E-state index < -0.39 is 0 Å². The second-order valence-electron chi connectivity index (χ2n) is 6.24. The lowest BCUT2D eigenvalue weighted by molar-refractivity contribution is 0.241. The van der Waals surface area contributed by atoms with Gasteiger partial charge in [-0.1, -0.05) is 24.6 Å². The number of aromatic nitrogens is 2. The SMILES string of the molecule is CCCc1nc2c(c(=O)[nH]1)CN(Cc1ccc(OC)c(O)c1Cl)CC2. The fraction of sp³-hybridized carbons (Fsp3) is 0.444. The molecule has 134 valence electrons. The van der Waals surface area contributed by atoms with Crippen LogP contribution >= 0.6 is 11.6 Å². The van der Waals surface area contributed by atoms with Crippen LogP contribution in [0.3, 0.4) is 0 Å². The lowest BCUT2D eigenvalue weighted by Crippen LogP contribution is -2.35. The van der Waals surface area contributed by atoms with E-state index in [-0.39, 0.29) is 16.3 Å². The highest BCUT2D eigenvalue weighted by molar-refractivity contribution is 6.33. The number of aromatic amines is 1. The number of phenolic OH excluding ortho intramolecular Hbond substituents is 1. The molecule has 0 aliphatic carbocycles. The number of nitrogens with zero attached hydrogens (tertiary/aromatic N) is 2. The molecule has 6 nitrogen and oxygen atoms in total. The van der Waals surface area contributed by atoms with Crippen LogP contribution in [0.15, 0.2) is 16.9 Å². The molecule has 3 rings (SSSR count). The van der Waals surface area contributed by atoms with E-state index >= 15 is 0 Å². The number of halogens is 1. The van der Waals surface area contributed by atoms with Crippen LogP contribution in [0.4, 0.5) is 0 Å². The quantitative estimate of drug-likeness (QED) is 0.853.